The summed E-state index contributed by atoms with van der Waals surface area (Å²) in [5, 5.41) is 1.55. The molecule has 5 heteroatoms. The molecule has 0 spiro atoms. The second-order valence-corrected chi connectivity index (χ2v) is 6.09. The van der Waals surface area contributed by atoms with Crippen LogP contribution in [0.3, 0.4) is 0 Å². The molecule has 1 saturated heterocycles. The minimum Gasteiger partial charge on any atom is -0.496 e. The molecule has 1 fully saturated rings. The molecule has 0 unspecified atom stereocenters. The van der Waals surface area contributed by atoms with Crippen molar-refractivity contribution >= 4 is 16.6 Å². The number of hydrogen-bond donors (Lipinski definition) is 1. The zero-order chi connectivity index (χ0) is 15.7. The van der Waals surface area contributed by atoms with Crippen LogP contribution in [0.1, 0.15) is 12.8 Å². The number of ether oxygens (including phenoxy) is 1. The van der Waals surface area contributed by atoms with Crippen LogP contribution in [0.5, 0.6) is 5.75 Å². The Morgan fingerprint density at radius 1 is 1.23 bits per heavy atom. The number of nitrogens with zero attached hydrogens (tertiary/aromatic N) is 2. The van der Waals surface area contributed by atoms with Gasteiger partial charge in [-0.25, -0.2) is 0 Å². The third-order valence-corrected chi connectivity index (χ3v) is 4.59. The van der Waals surface area contributed by atoms with Crippen molar-refractivity contribution in [1.82, 2.24) is 9.88 Å². The van der Waals surface area contributed by atoms with Gasteiger partial charge < -0.3 is 19.5 Å². The first-order valence-electron chi connectivity index (χ1n) is 7.71. The second kappa shape index (κ2) is 6.01. The van der Waals surface area contributed by atoms with Crippen LogP contribution in [0.2, 0.25) is 0 Å². The van der Waals surface area contributed by atoms with E-state index in [-0.39, 0.29) is 5.56 Å². The fraction of sp³-hybridized carbons (Fsp3) is 0.471. The largest absolute Gasteiger partial charge is 0.496 e. The number of aromatic nitrogens is 1. The lowest BCUT2D eigenvalue weighted by Gasteiger charge is -2.36. The minimum absolute atomic E-state index is 0.0545. The number of H-pyrrole nitrogens is 1. The van der Waals surface area contributed by atoms with Crippen molar-refractivity contribution < 1.29 is 4.74 Å². The van der Waals surface area contributed by atoms with E-state index < -0.39 is 0 Å². The molecule has 5 nitrogen and oxygen atoms in total. The van der Waals surface area contributed by atoms with Gasteiger partial charge in [0.1, 0.15) is 11.6 Å². The van der Waals surface area contributed by atoms with E-state index in [0.717, 1.165) is 42.9 Å². The van der Waals surface area contributed by atoms with Gasteiger partial charge in [-0.3, -0.25) is 4.79 Å². The standard InChI is InChI=1S/C17H23N3O2/c1-19(2)12-7-9-20(10-8-12)16-11-14-13(17(21)18-16)5-4-6-15(14)22-3/h4-6,11-12H,7-10H2,1-3H3,(H,18,21). The van der Waals surface area contributed by atoms with Crippen molar-refractivity contribution in [1.29, 1.82) is 0 Å². The average Bonchev–Trinajstić information content (AvgIpc) is 2.54. The molecular formula is C17H23N3O2. The highest BCUT2D eigenvalue weighted by molar-refractivity contribution is 5.89. The number of hydrogen-bond acceptors (Lipinski definition) is 4. The van der Waals surface area contributed by atoms with Crippen LogP contribution in [0.15, 0.2) is 29.1 Å². The molecule has 22 heavy (non-hydrogen) atoms. The Morgan fingerprint density at radius 3 is 2.59 bits per heavy atom. The van der Waals surface area contributed by atoms with E-state index in [1.165, 1.54) is 0 Å². The molecule has 1 aromatic heterocycles. The van der Waals surface area contributed by atoms with Crippen molar-refractivity contribution in [2.75, 3.05) is 39.2 Å². The maximum absolute atomic E-state index is 12.3. The number of aromatic amines is 1. The molecule has 0 saturated carbocycles. The van der Waals surface area contributed by atoms with E-state index >= 15 is 0 Å². The molecule has 0 amide bonds. The van der Waals surface area contributed by atoms with Gasteiger partial charge in [-0.1, -0.05) is 6.07 Å². The molecule has 2 aromatic rings. The summed E-state index contributed by atoms with van der Waals surface area (Å²) < 4.78 is 5.40. The van der Waals surface area contributed by atoms with Crippen molar-refractivity contribution in [2.24, 2.45) is 0 Å². The Morgan fingerprint density at radius 2 is 1.95 bits per heavy atom. The van der Waals surface area contributed by atoms with Crippen molar-refractivity contribution in [3.05, 3.63) is 34.6 Å². The summed E-state index contributed by atoms with van der Waals surface area (Å²) in [4.78, 5) is 19.9. The van der Waals surface area contributed by atoms with Crippen LogP contribution in [-0.4, -0.2) is 50.2 Å². The summed E-state index contributed by atoms with van der Waals surface area (Å²) in [7, 11) is 5.89. The highest BCUT2D eigenvalue weighted by atomic mass is 16.5. The van der Waals surface area contributed by atoms with Gasteiger partial charge in [-0.2, -0.15) is 0 Å². The van der Waals surface area contributed by atoms with E-state index in [1.54, 1.807) is 7.11 Å². The molecule has 0 radical (unpaired) electrons. The van der Waals surface area contributed by atoms with Crippen LogP contribution in [0, 0.1) is 0 Å². The molecule has 1 aromatic carbocycles. The van der Waals surface area contributed by atoms with Crippen molar-refractivity contribution in [3.8, 4) is 5.75 Å². The van der Waals surface area contributed by atoms with Crippen molar-refractivity contribution in [3.63, 3.8) is 0 Å². The predicted octanol–water partition coefficient (Wildman–Crippen LogP) is 2.07. The number of fused-ring (bicyclic) bond motifs is 1. The van der Waals surface area contributed by atoms with Crippen LogP contribution >= 0.6 is 0 Å². The van der Waals surface area contributed by atoms with Gasteiger partial charge in [0, 0.05) is 24.5 Å². The highest BCUT2D eigenvalue weighted by Gasteiger charge is 2.21. The van der Waals surface area contributed by atoms with Gasteiger partial charge in [0.15, 0.2) is 0 Å². The number of rotatable bonds is 3. The molecule has 1 aliphatic rings. The lowest BCUT2D eigenvalue weighted by molar-refractivity contribution is 0.249. The van der Waals surface area contributed by atoms with E-state index in [0.29, 0.717) is 11.4 Å². The van der Waals surface area contributed by atoms with Crippen LogP contribution < -0.4 is 15.2 Å². The molecule has 3 rings (SSSR count). The molecule has 0 aliphatic carbocycles. The third-order valence-electron chi connectivity index (χ3n) is 4.59. The number of pyridine rings is 1. The molecule has 0 atom stereocenters. The summed E-state index contributed by atoms with van der Waals surface area (Å²) in [6, 6.07) is 8.23. The summed E-state index contributed by atoms with van der Waals surface area (Å²) >= 11 is 0. The molecular weight excluding hydrogens is 278 g/mol. The van der Waals surface area contributed by atoms with E-state index in [4.69, 9.17) is 4.74 Å². The fourth-order valence-corrected chi connectivity index (χ4v) is 3.22. The van der Waals surface area contributed by atoms with Gasteiger partial charge in [-0.15, -0.1) is 0 Å². The number of benzene rings is 1. The Balaban J connectivity index is 1.94. The molecule has 1 N–H and O–H groups in total. The van der Waals surface area contributed by atoms with E-state index in [1.807, 2.05) is 24.3 Å². The molecule has 0 bridgehead atoms. The van der Waals surface area contributed by atoms with Gasteiger partial charge >= 0.3 is 0 Å². The summed E-state index contributed by atoms with van der Waals surface area (Å²) in [5.74, 6) is 1.63. The normalized spacial score (nSPS) is 16.5. The summed E-state index contributed by atoms with van der Waals surface area (Å²) in [5.41, 5.74) is -0.0545. The Bertz CT molecular complexity index is 715. The van der Waals surface area contributed by atoms with Crippen LogP contribution in [0.25, 0.3) is 10.8 Å². The third kappa shape index (κ3) is 2.68. The van der Waals surface area contributed by atoms with Gasteiger partial charge in [0.25, 0.3) is 5.56 Å². The SMILES string of the molecule is COc1cccc2c(=O)[nH]c(N3CCC(N(C)C)CC3)cc12. The maximum atomic E-state index is 12.3. The number of methoxy groups -OCH3 is 1. The lowest BCUT2D eigenvalue weighted by atomic mass is 10.0. The number of nitrogens with one attached hydrogen (secondary N) is 1. The quantitative estimate of drug-likeness (QED) is 0.943. The summed E-state index contributed by atoms with van der Waals surface area (Å²) in [6.07, 6.45) is 2.22. The fourth-order valence-electron chi connectivity index (χ4n) is 3.22. The monoisotopic (exact) mass is 301 g/mol. The average molecular weight is 301 g/mol. The van der Waals surface area contributed by atoms with Gasteiger partial charge in [0.2, 0.25) is 0 Å². The second-order valence-electron chi connectivity index (χ2n) is 6.09. The summed E-state index contributed by atoms with van der Waals surface area (Å²) in [6.45, 7) is 1.92. The zero-order valence-electron chi connectivity index (χ0n) is 13.4. The van der Waals surface area contributed by atoms with Crippen molar-refractivity contribution in [2.45, 2.75) is 18.9 Å². The molecule has 1 aliphatic heterocycles. The van der Waals surface area contributed by atoms with Gasteiger partial charge in [-0.05, 0) is 45.1 Å². The topological polar surface area (TPSA) is 48.6 Å². The lowest BCUT2D eigenvalue weighted by Crippen LogP contribution is -2.42. The number of anilines is 1. The van der Waals surface area contributed by atoms with Crippen LogP contribution in [0.4, 0.5) is 5.82 Å². The predicted molar refractivity (Wildman–Crippen MR) is 90.0 cm³/mol. The van der Waals surface area contributed by atoms with E-state index in [2.05, 4.69) is 28.9 Å². The number of piperidine rings is 1. The Hall–Kier alpha value is -2.01. The first kappa shape index (κ1) is 14.9. The van der Waals surface area contributed by atoms with Gasteiger partial charge in [0.05, 0.1) is 12.5 Å². The first-order chi connectivity index (χ1) is 10.6. The smallest absolute Gasteiger partial charge is 0.257 e. The minimum atomic E-state index is -0.0545. The van der Waals surface area contributed by atoms with Crippen LogP contribution in [-0.2, 0) is 0 Å². The van der Waals surface area contributed by atoms with E-state index in [9.17, 15) is 4.79 Å². The first-order valence-corrected chi connectivity index (χ1v) is 7.71. The molecule has 2 heterocycles. The highest BCUT2D eigenvalue weighted by Crippen LogP contribution is 2.27. The zero-order valence-corrected chi connectivity index (χ0v) is 13.4. The molecule has 118 valence electrons. The Kier molecular flexibility index (Phi) is 4.07. The maximum Gasteiger partial charge on any atom is 0.257 e. The Labute approximate surface area is 130 Å².